The maximum Gasteiger partial charge on any atom is 0.303 e. The first kappa shape index (κ1) is 19.2. The number of carboxylic acids is 1. The average Bonchev–Trinajstić information content (AvgIpc) is 2.65. The molecule has 0 atom stereocenters. The van der Waals surface area contributed by atoms with E-state index in [0.717, 1.165) is 11.1 Å². The lowest BCUT2D eigenvalue weighted by Gasteiger charge is -2.07. The number of aliphatic carboxylic acids is 1. The molecule has 1 amide bonds. The van der Waals surface area contributed by atoms with Gasteiger partial charge in [-0.1, -0.05) is 18.2 Å². The molecule has 6 heteroatoms. The van der Waals surface area contributed by atoms with Gasteiger partial charge in [0, 0.05) is 23.7 Å². The third-order valence-corrected chi connectivity index (χ3v) is 3.74. The topological polar surface area (TPSA) is 95.9 Å². The summed E-state index contributed by atoms with van der Waals surface area (Å²) in [5.41, 5.74) is 2.93. The van der Waals surface area contributed by atoms with Crippen LogP contribution in [0.25, 0.3) is 6.08 Å². The summed E-state index contributed by atoms with van der Waals surface area (Å²) in [6, 6.07) is 12.3. The van der Waals surface area contributed by atoms with Crippen LogP contribution in [-0.4, -0.2) is 29.2 Å². The molecule has 6 nitrogen and oxygen atoms in total. The number of carboxylic acid groups (broad SMARTS) is 1. The number of nitrogens with one attached hydrogen (secondary N) is 1. The molecule has 2 aromatic rings. The van der Waals surface area contributed by atoms with Crippen molar-refractivity contribution in [2.45, 2.75) is 19.4 Å². The van der Waals surface area contributed by atoms with Crippen molar-refractivity contribution in [3.05, 3.63) is 65.2 Å². The molecule has 3 N–H and O–H groups in total. The Morgan fingerprint density at radius 3 is 2.42 bits per heavy atom. The Morgan fingerprint density at radius 2 is 1.81 bits per heavy atom. The molecule has 0 heterocycles. The molecule has 0 aromatic heterocycles. The number of benzene rings is 2. The van der Waals surface area contributed by atoms with Gasteiger partial charge in [0.05, 0.1) is 13.7 Å². The summed E-state index contributed by atoms with van der Waals surface area (Å²) in [4.78, 5) is 22.6. The number of aliphatic hydroxyl groups is 1. The standard InChI is InChI=1S/C20H21NO5/c1-26-18-9-4-15(13-22)12-16(18)6-10-19(23)21-17-7-2-14(3-8-17)5-11-20(24)25/h2-4,6-10,12,22H,5,11,13H2,1H3,(H,21,23)(H,24,25)/b10-6+. The van der Waals surface area contributed by atoms with Gasteiger partial charge in [-0.15, -0.1) is 0 Å². The highest BCUT2D eigenvalue weighted by atomic mass is 16.5. The number of ether oxygens (including phenoxy) is 1. The first-order valence-corrected chi connectivity index (χ1v) is 8.09. The number of methoxy groups -OCH3 is 1. The van der Waals surface area contributed by atoms with Crippen molar-refractivity contribution in [3.63, 3.8) is 0 Å². The predicted molar refractivity (Wildman–Crippen MR) is 99.0 cm³/mol. The third-order valence-electron chi connectivity index (χ3n) is 3.74. The molecule has 0 saturated carbocycles. The number of carbonyl (C=O) groups excluding carboxylic acids is 1. The number of hydrogen-bond donors (Lipinski definition) is 3. The van der Waals surface area contributed by atoms with Crippen LogP contribution in [-0.2, 0) is 22.6 Å². The van der Waals surface area contributed by atoms with Gasteiger partial charge in [-0.25, -0.2) is 0 Å². The van der Waals surface area contributed by atoms with Crippen molar-refractivity contribution in [1.82, 2.24) is 0 Å². The van der Waals surface area contributed by atoms with Crippen molar-refractivity contribution in [2.75, 3.05) is 12.4 Å². The van der Waals surface area contributed by atoms with E-state index in [-0.39, 0.29) is 18.9 Å². The summed E-state index contributed by atoms with van der Waals surface area (Å²) < 4.78 is 5.24. The number of rotatable bonds is 8. The van der Waals surface area contributed by atoms with E-state index < -0.39 is 5.97 Å². The normalized spacial score (nSPS) is 10.7. The summed E-state index contributed by atoms with van der Waals surface area (Å²) in [5.74, 6) is -0.540. The maximum atomic E-state index is 12.1. The van der Waals surface area contributed by atoms with Crippen LogP contribution >= 0.6 is 0 Å². The van der Waals surface area contributed by atoms with Crippen LogP contribution in [0.15, 0.2) is 48.5 Å². The molecule has 0 radical (unpaired) electrons. The van der Waals surface area contributed by atoms with Crippen molar-refractivity contribution in [3.8, 4) is 5.75 Å². The van der Waals surface area contributed by atoms with Crippen molar-refractivity contribution < 1.29 is 24.5 Å². The molecule has 0 unspecified atom stereocenters. The van der Waals surface area contributed by atoms with Crippen LogP contribution in [0.1, 0.15) is 23.1 Å². The fraction of sp³-hybridized carbons (Fsp3) is 0.200. The molecule has 0 aliphatic heterocycles. The minimum Gasteiger partial charge on any atom is -0.496 e. The van der Waals surface area contributed by atoms with Crippen molar-refractivity contribution >= 4 is 23.6 Å². The molecular weight excluding hydrogens is 334 g/mol. The lowest BCUT2D eigenvalue weighted by Crippen LogP contribution is -2.07. The van der Waals surface area contributed by atoms with Crippen LogP contribution in [0, 0.1) is 0 Å². The first-order valence-electron chi connectivity index (χ1n) is 8.09. The molecule has 0 fully saturated rings. The highest BCUT2D eigenvalue weighted by molar-refractivity contribution is 6.02. The molecular formula is C20H21NO5. The zero-order valence-corrected chi connectivity index (χ0v) is 14.4. The Bertz CT molecular complexity index is 796. The second-order valence-corrected chi connectivity index (χ2v) is 5.65. The van der Waals surface area contributed by atoms with Crippen molar-refractivity contribution in [2.24, 2.45) is 0 Å². The molecule has 2 rings (SSSR count). The number of aryl methyl sites for hydroxylation is 1. The van der Waals surface area contributed by atoms with Gasteiger partial charge in [0.25, 0.3) is 0 Å². The quantitative estimate of drug-likeness (QED) is 0.633. The minimum atomic E-state index is -0.840. The average molecular weight is 355 g/mol. The molecule has 0 saturated heterocycles. The third kappa shape index (κ3) is 5.75. The lowest BCUT2D eigenvalue weighted by atomic mass is 10.1. The van der Waals surface area contributed by atoms with E-state index in [1.807, 2.05) is 0 Å². The molecule has 0 bridgehead atoms. The Labute approximate surface area is 151 Å². The zero-order chi connectivity index (χ0) is 18.9. The van der Waals surface area contributed by atoms with Crippen LogP contribution < -0.4 is 10.1 Å². The summed E-state index contributed by atoms with van der Waals surface area (Å²) >= 11 is 0. The van der Waals surface area contributed by atoms with Gasteiger partial charge in [-0.05, 0) is 47.9 Å². The molecule has 26 heavy (non-hydrogen) atoms. The van der Waals surface area contributed by atoms with Crippen molar-refractivity contribution in [1.29, 1.82) is 0 Å². The Balaban J connectivity index is 2.00. The van der Waals surface area contributed by atoms with Crippen LogP contribution in [0.2, 0.25) is 0 Å². The van der Waals surface area contributed by atoms with Gasteiger partial charge < -0.3 is 20.3 Å². The van der Waals surface area contributed by atoms with E-state index >= 15 is 0 Å². The Hall–Kier alpha value is -3.12. The smallest absolute Gasteiger partial charge is 0.303 e. The van der Waals surface area contributed by atoms with Gasteiger partial charge in [-0.2, -0.15) is 0 Å². The number of amides is 1. The maximum absolute atomic E-state index is 12.1. The van der Waals surface area contributed by atoms with Crippen LogP contribution in [0.3, 0.4) is 0 Å². The van der Waals surface area contributed by atoms with E-state index in [9.17, 15) is 14.7 Å². The Kier molecular flexibility index (Phi) is 6.93. The predicted octanol–water partition coefficient (Wildman–Crippen LogP) is 2.86. The van der Waals surface area contributed by atoms with Gasteiger partial charge in [0.15, 0.2) is 0 Å². The second kappa shape index (κ2) is 9.39. The summed E-state index contributed by atoms with van der Waals surface area (Å²) in [7, 11) is 1.54. The molecule has 0 spiro atoms. The monoisotopic (exact) mass is 355 g/mol. The van der Waals surface area contributed by atoms with Crippen LogP contribution in [0.5, 0.6) is 5.75 Å². The lowest BCUT2D eigenvalue weighted by molar-refractivity contribution is -0.137. The van der Waals surface area contributed by atoms with Gasteiger partial charge >= 0.3 is 5.97 Å². The van der Waals surface area contributed by atoms with Gasteiger partial charge in [0.1, 0.15) is 5.75 Å². The SMILES string of the molecule is COc1ccc(CO)cc1/C=C/C(=O)Nc1ccc(CCC(=O)O)cc1. The highest BCUT2D eigenvalue weighted by Gasteiger charge is 2.04. The first-order chi connectivity index (χ1) is 12.5. The van der Waals surface area contributed by atoms with Gasteiger partial charge in [-0.3, -0.25) is 9.59 Å². The molecule has 2 aromatic carbocycles. The summed E-state index contributed by atoms with van der Waals surface area (Å²) in [6.45, 7) is -0.0920. The van der Waals surface area contributed by atoms with E-state index in [1.165, 1.54) is 13.2 Å². The largest absolute Gasteiger partial charge is 0.496 e. The number of carbonyl (C=O) groups is 2. The molecule has 136 valence electrons. The van der Waals surface area contributed by atoms with Crippen LogP contribution in [0.4, 0.5) is 5.69 Å². The van der Waals surface area contributed by atoms with E-state index in [1.54, 1.807) is 48.5 Å². The second-order valence-electron chi connectivity index (χ2n) is 5.65. The van der Waals surface area contributed by atoms with E-state index in [0.29, 0.717) is 23.4 Å². The fourth-order valence-corrected chi connectivity index (χ4v) is 2.37. The summed E-state index contributed by atoms with van der Waals surface area (Å²) in [6.07, 6.45) is 3.53. The van der Waals surface area contributed by atoms with Gasteiger partial charge in [0.2, 0.25) is 5.91 Å². The van der Waals surface area contributed by atoms with E-state index in [2.05, 4.69) is 5.32 Å². The highest BCUT2D eigenvalue weighted by Crippen LogP contribution is 2.21. The number of hydrogen-bond acceptors (Lipinski definition) is 4. The fourth-order valence-electron chi connectivity index (χ4n) is 2.37. The number of anilines is 1. The van der Waals surface area contributed by atoms with E-state index in [4.69, 9.17) is 9.84 Å². The summed E-state index contributed by atoms with van der Waals surface area (Å²) in [5, 5.41) is 20.6. The number of aliphatic hydroxyl groups excluding tert-OH is 1. The molecule has 0 aliphatic carbocycles. The minimum absolute atomic E-state index is 0.0726. The Morgan fingerprint density at radius 1 is 1.12 bits per heavy atom. The molecule has 0 aliphatic rings. The zero-order valence-electron chi connectivity index (χ0n) is 14.4.